The van der Waals surface area contributed by atoms with E-state index in [2.05, 4.69) is 27.2 Å². The first-order valence-electron chi connectivity index (χ1n) is 7.11. The zero-order chi connectivity index (χ0) is 14.8. The first kappa shape index (κ1) is 13.5. The lowest BCUT2D eigenvalue weighted by molar-refractivity contribution is 0.538. The van der Waals surface area contributed by atoms with Gasteiger partial charge in [0, 0.05) is 24.5 Å². The summed E-state index contributed by atoms with van der Waals surface area (Å²) >= 11 is 0. The predicted octanol–water partition coefficient (Wildman–Crippen LogP) is 3.66. The zero-order valence-corrected chi connectivity index (χ0v) is 12.4. The second-order valence-electron chi connectivity index (χ2n) is 5.04. The minimum atomic E-state index is 0.0775. The highest BCUT2D eigenvalue weighted by Gasteiger charge is 2.11. The van der Waals surface area contributed by atoms with Gasteiger partial charge in [0.05, 0.1) is 17.4 Å². The molecule has 0 saturated heterocycles. The van der Waals surface area contributed by atoms with E-state index in [0.29, 0.717) is 0 Å². The van der Waals surface area contributed by atoms with Gasteiger partial charge in [-0.05, 0) is 32.0 Å². The van der Waals surface area contributed by atoms with E-state index in [-0.39, 0.29) is 6.04 Å². The Balaban J connectivity index is 1.86. The summed E-state index contributed by atoms with van der Waals surface area (Å²) in [4.78, 5) is 13.1. The van der Waals surface area contributed by atoms with Crippen LogP contribution in [-0.2, 0) is 6.42 Å². The number of aromatic nitrogens is 3. The van der Waals surface area contributed by atoms with E-state index in [1.807, 2.05) is 32.0 Å². The van der Waals surface area contributed by atoms with Gasteiger partial charge in [-0.25, -0.2) is 4.98 Å². The predicted molar refractivity (Wildman–Crippen MR) is 82.2 cm³/mol. The molecule has 0 bridgehead atoms. The molecule has 0 amide bonds. The first-order valence-corrected chi connectivity index (χ1v) is 7.11. The summed E-state index contributed by atoms with van der Waals surface area (Å²) in [6.45, 7) is 6.07. The molecule has 3 rings (SSSR count). The molecule has 1 atom stereocenters. The minimum Gasteiger partial charge on any atom is -0.441 e. The van der Waals surface area contributed by atoms with E-state index in [4.69, 9.17) is 4.42 Å². The number of nitrogens with one attached hydrogen (secondary N) is 1. The average molecular weight is 282 g/mol. The summed E-state index contributed by atoms with van der Waals surface area (Å²) in [7, 11) is 0. The Kier molecular flexibility index (Phi) is 3.56. The van der Waals surface area contributed by atoms with E-state index < -0.39 is 0 Å². The van der Waals surface area contributed by atoms with Gasteiger partial charge in [0.1, 0.15) is 5.52 Å². The molecule has 5 nitrogen and oxygen atoms in total. The van der Waals surface area contributed by atoms with Gasteiger partial charge in [-0.3, -0.25) is 9.97 Å². The van der Waals surface area contributed by atoms with Crippen molar-refractivity contribution in [3.05, 3.63) is 47.9 Å². The van der Waals surface area contributed by atoms with Crippen molar-refractivity contribution in [2.75, 3.05) is 5.32 Å². The van der Waals surface area contributed by atoms with Crippen molar-refractivity contribution in [1.29, 1.82) is 0 Å². The second-order valence-corrected chi connectivity index (χ2v) is 5.04. The first-order chi connectivity index (χ1) is 10.2. The third kappa shape index (κ3) is 2.72. The fourth-order valence-corrected chi connectivity index (χ4v) is 2.38. The molecule has 2 heterocycles. The van der Waals surface area contributed by atoms with Crippen molar-refractivity contribution in [1.82, 2.24) is 15.0 Å². The number of anilines is 1. The topological polar surface area (TPSA) is 63.8 Å². The largest absolute Gasteiger partial charge is 0.441 e. The van der Waals surface area contributed by atoms with Crippen LogP contribution in [0.15, 0.2) is 35.0 Å². The van der Waals surface area contributed by atoms with E-state index in [1.54, 1.807) is 12.4 Å². The van der Waals surface area contributed by atoms with Crippen LogP contribution in [0, 0.1) is 6.92 Å². The van der Waals surface area contributed by atoms with Crippen molar-refractivity contribution < 1.29 is 4.42 Å². The monoisotopic (exact) mass is 282 g/mol. The summed E-state index contributed by atoms with van der Waals surface area (Å²) in [6, 6.07) is 6.02. The lowest BCUT2D eigenvalue weighted by Crippen LogP contribution is -2.10. The molecule has 108 valence electrons. The van der Waals surface area contributed by atoms with Crippen LogP contribution in [0.3, 0.4) is 0 Å². The quantitative estimate of drug-likeness (QED) is 0.791. The molecule has 0 spiro atoms. The molecule has 1 unspecified atom stereocenters. The van der Waals surface area contributed by atoms with Crippen molar-refractivity contribution in [2.24, 2.45) is 0 Å². The Morgan fingerprint density at radius 3 is 2.81 bits per heavy atom. The number of benzene rings is 1. The van der Waals surface area contributed by atoms with Crippen LogP contribution in [-0.4, -0.2) is 15.0 Å². The van der Waals surface area contributed by atoms with Gasteiger partial charge in [-0.15, -0.1) is 0 Å². The number of hydrogen-bond acceptors (Lipinski definition) is 5. The van der Waals surface area contributed by atoms with E-state index in [1.165, 1.54) is 0 Å². The highest BCUT2D eigenvalue weighted by Crippen LogP contribution is 2.24. The summed E-state index contributed by atoms with van der Waals surface area (Å²) < 4.78 is 5.62. The molecule has 2 aromatic heterocycles. The molecule has 5 heteroatoms. The molecule has 0 saturated carbocycles. The Morgan fingerprint density at radius 1 is 1.24 bits per heavy atom. The number of rotatable bonds is 4. The summed E-state index contributed by atoms with van der Waals surface area (Å²) in [5.74, 6) is 0.764. The lowest BCUT2D eigenvalue weighted by Gasteiger charge is -2.15. The molecule has 0 radical (unpaired) electrons. The molecule has 3 aromatic rings. The summed E-state index contributed by atoms with van der Waals surface area (Å²) in [5.41, 5.74) is 4.58. The lowest BCUT2D eigenvalue weighted by atomic mass is 10.1. The minimum absolute atomic E-state index is 0.0775. The van der Waals surface area contributed by atoms with Gasteiger partial charge >= 0.3 is 0 Å². The highest BCUT2D eigenvalue weighted by molar-refractivity contribution is 5.77. The smallest absolute Gasteiger partial charge is 0.195 e. The van der Waals surface area contributed by atoms with Crippen LogP contribution < -0.4 is 5.32 Å². The maximum Gasteiger partial charge on any atom is 0.195 e. The van der Waals surface area contributed by atoms with Gasteiger partial charge in [0.2, 0.25) is 0 Å². The van der Waals surface area contributed by atoms with Gasteiger partial charge in [-0.1, -0.05) is 6.92 Å². The zero-order valence-electron chi connectivity index (χ0n) is 12.4. The van der Waals surface area contributed by atoms with Crippen molar-refractivity contribution in [3.63, 3.8) is 0 Å². The molecule has 0 aliphatic rings. The van der Waals surface area contributed by atoms with Crippen LogP contribution in [0.5, 0.6) is 0 Å². The summed E-state index contributed by atoms with van der Waals surface area (Å²) in [6.07, 6.45) is 4.22. The average Bonchev–Trinajstić information content (AvgIpc) is 2.90. The number of hydrogen-bond donors (Lipinski definition) is 1. The maximum atomic E-state index is 5.62. The van der Waals surface area contributed by atoms with E-state index in [9.17, 15) is 0 Å². The summed E-state index contributed by atoms with van der Waals surface area (Å²) in [5, 5.41) is 3.43. The third-order valence-corrected chi connectivity index (χ3v) is 3.45. The van der Waals surface area contributed by atoms with Gasteiger partial charge in [0.15, 0.2) is 11.5 Å². The normalized spacial score (nSPS) is 12.5. The van der Waals surface area contributed by atoms with Crippen LogP contribution >= 0.6 is 0 Å². The number of fused-ring (bicyclic) bond motifs is 1. The van der Waals surface area contributed by atoms with E-state index in [0.717, 1.165) is 40.5 Å². The van der Waals surface area contributed by atoms with Crippen molar-refractivity contribution in [2.45, 2.75) is 33.2 Å². The maximum absolute atomic E-state index is 5.62. The third-order valence-electron chi connectivity index (χ3n) is 3.45. The van der Waals surface area contributed by atoms with Crippen LogP contribution in [0.25, 0.3) is 11.1 Å². The van der Waals surface area contributed by atoms with Crippen molar-refractivity contribution >= 4 is 16.8 Å². The van der Waals surface area contributed by atoms with Gasteiger partial charge in [0.25, 0.3) is 0 Å². The van der Waals surface area contributed by atoms with Crippen LogP contribution in [0.2, 0.25) is 0 Å². The molecular weight excluding hydrogens is 264 g/mol. The molecule has 0 fully saturated rings. The highest BCUT2D eigenvalue weighted by atomic mass is 16.3. The molecule has 0 aliphatic heterocycles. The second kappa shape index (κ2) is 5.52. The van der Waals surface area contributed by atoms with Crippen LogP contribution in [0.1, 0.15) is 37.2 Å². The Bertz CT molecular complexity index is 766. The standard InChI is InChI=1S/C16H18N4O/c1-4-15-20-13-9-12(5-6-14(13)21-15)19-11(3)16-10(2)17-7-8-18-16/h5-9,11,19H,4H2,1-3H3. The Hall–Kier alpha value is -2.43. The molecule has 0 aliphatic carbocycles. The number of aryl methyl sites for hydroxylation is 2. The Morgan fingerprint density at radius 2 is 2.05 bits per heavy atom. The van der Waals surface area contributed by atoms with E-state index >= 15 is 0 Å². The fraction of sp³-hybridized carbons (Fsp3) is 0.312. The molecule has 1 aromatic carbocycles. The molecule has 21 heavy (non-hydrogen) atoms. The number of oxazole rings is 1. The SMILES string of the molecule is CCc1nc2cc(NC(C)c3nccnc3C)ccc2o1. The Labute approximate surface area is 123 Å². The fourth-order valence-electron chi connectivity index (χ4n) is 2.38. The molecular formula is C16H18N4O. The number of nitrogens with zero attached hydrogens (tertiary/aromatic N) is 3. The van der Waals surface area contributed by atoms with Gasteiger partial charge < -0.3 is 9.73 Å². The molecule has 1 N–H and O–H groups in total. The van der Waals surface area contributed by atoms with Crippen molar-refractivity contribution in [3.8, 4) is 0 Å². The van der Waals surface area contributed by atoms with Gasteiger partial charge in [-0.2, -0.15) is 0 Å². The van der Waals surface area contributed by atoms with Crippen LogP contribution in [0.4, 0.5) is 5.69 Å².